The van der Waals surface area contributed by atoms with E-state index in [4.69, 9.17) is 23.2 Å². The molecule has 0 radical (unpaired) electrons. The molecule has 6 heteroatoms. The molecule has 0 aliphatic carbocycles. The maximum atomic E-state index is 13.8. The van der Waals surface area contributed by atoms with Crippen molar-refractivity contribution in [2.24, 2.45) is 0 Å². The molecule has 3 rings (SSSR count). The Bertz CT molecular complexity index is 1200. The van der Waals surface area contributed by atoms with Crippen molar-refractivity contribution in [2.45, 2.75) is 65.6 Å². The Kier molecular flexibility index (Phi) is 9.98. The van der Waals surface area contributed by atoms with Crippen molar-refractivity contribution in [1.29, 1.82) is 0 Å². The third-order valence-electron chi connectivity index (χ3n) is 6.54. The van der Waals surface area contributed by atoms with Crippen LogP contribution in [0.4, 0.5) is 0 Å². The van der Waals surface area contributed by atoms with E-state index in [1.54, 1.807) is 17.0 Å². The van der Waals surface area contributed by atoms with Crippen LogP contribution >= 0.6 is 23.2 Å². The SMILES string of the molecule is CC[C@@H](C)NC(=O)[C@@H](Cc1ccccc1)N(Cc1ccc(Cl)c(Cl)c1)C(=O)Cc1ccc(C)c(C)c1. The van der Waals surface area contributed by atoms with E-state index in [9.17, 15) is 9.59 Å². The zero-order valence-corrected chi connectivity index (χ0v) is 22.9. The molecule has 2 atom stereocenters. The molecule has 0 fully saturated rings. The van der Waals surface area contributed by atoms with Gasteiger partial charge in [0.15, 0.2) is 0 Å². The van der Waals surface area contributed by atoms with Gasteiger partial charge in [-0.1, -0.05) is 84.7 Å². The number of nitrogens with zero attached hydrogens (tertiary/aromatic N) is 1. The van der Waals surface area contributed by atoms with Gasteiger partial charge in [-0.25, -0.2) is 0 Å². The first-order valence-corrected chi connectivity index (χ1v) is 13.1. The van der Waals surface area contributed by atoms with Crippen molar-refractivity contribution in [1.82, 2.24) is 10.2 Å². The topological polar surface area (TPSA) is 49.4 Å². The number of carbonyl (C=O) groups is 2. The summed E-state index contributed by atoms with van der Waals surface area (Å²) in [6, 6.07) is 20.5. The van der Waals surface area contributed by atoms with Gasteiger partial charge in [0.05, 0.1) is 16.5 Å². The van der Waals surface area contributed by atoms with Crippen molar-refractivity contribution < 1.29 is 9.59 Å². The van der Waals surface area contributed by atoms with Gasteiger partial charge in [0.1, 0.15) is 6.04 Å². The van der Waals surface area contributed by atoms with Crippen LogP contribution in [0.15, 0.2) is 66.7 Å². The van der Waals surface area contributed by atoms with Crippen LogP contribution in [0.3, 0.4) is 0 Å². The van der Waals surface area contributed by atoms with Crippen LogP contribution < -0.4 is 5.32 Å². The molecule has 0 aliphatic rings. The normalized spacial score (nSPS) is 12.6. The van der Waals surface area contributed by atoms with Gasteiger partial charge >= 0.3 is 0 Å². The Morgan fingerprint density at radius 1 is 0.861 bits per heavy atom. The van der Waals surface area contributed by atoms with Gasteiger partial charge in [0.2, 0.25) is 11.8 Å². The minimum absolute atomic E-state index is 0.00236. The molecule has 1 N–H and O–H groups in total. The zero-order chi connectivity index (χ0) is 26.2. The van der Waals surface area contributed by atoms with Crippen LogP contribution in [0.1, 0.15) is 48.1 Å². The molecule has 4 nitrogen and oxygen atoms in total. The van der Waals surface area contributed by atoms with Gasteiger partial charge < -0.3 is 10.2 Å². The van der Waals surface area contributed by atoms with Crippen LogP contribution in [0.2, 0.25) is 10.0 Å². The lowest BCUT2D eigenvalue weighted by atomic mass is 10.00. The van der Waals surface area contributed by atoms with E-state index in [2.05, 4.69) is 5.32 Å². The first-order chi connectivity index (χ1) is 17.2. The smallest absolute Gasteiger partial charge is 0.243 e. The summed E-state index contributed by atoms with van der Waals surface area (Å²) < 4.78 is 0. The summed E-state index contributed by atoms with van der Waals surface area (Å²) in [4.78, 5) is 29.1. The molecule has 0 aliphatic heterocycles. The van der Waals surface area contributed by atoms with Gasteiger partial charge in [-0.3, -0.25) is 9.59 Å². The second-order valence-electron chi connectivity index (χ2n) is 9.39. The van der Waals surface area contributed by atoms with Gasteiger partial charge in [0.25, 0.3) is 0 Å². The second kappa shape index (κ2) is 12.9. The number of carbonyl (C=O) groups excluding carboxylic acids is 2. The van der Waals surface area contributed by atoms with Gasteiger partial charge in [-0.05, 0) is 67.1 Å². The highest BCUT2D eigenvalue weighted by molar-refractivity contribution is 6.42. The molecule has 2 amide bonds. The molecule has 3 aromatic carbocycles. The summed E-state index contributed by atoms with van der Waals surface area (Å²) in [7, 11) is 0. The Morgan fingerprint density at radius 2 is 1.56 bits per heavy atom. The molecule has 0 saturated carbocycles. The molecule has 36 heavy (non-hydrogen) atoms. The molecule has 190 valence electrons. The summed E-state index contributed by atoms with van der Waals surface area (Å²) in [6.07, 6.45) is 1.40. The third-order valence-corrected chi connectivity index (χ3v) is 7.27. The molecule has 3 aromatic rings. The molecular formula is C30H34Cl2N2O2. The van der Waals surface area contributed by atoms with Crippen molar-refractivity contribution in [3.63, 3.8) is 0 Å². The fraction of sp³-hybridized carbons (Fsp3) is 0.333. The Balaban J connectivity index is 2.00. The summed E-state index contributed by atoms with van der Waals surface area (Å²) in [5.41, 5.74) is 5.02. The maximum absolute atomic E-state index is 13.8. The average Bonchev–Trinajstić information content (AvgIpc) is 2.86. The van der Waals surface area contributed by atoms with E-state index >= 15 is 0 Å². The van der Waals surface area contributed by atoms with E-state index < -0.39 is 6.04 Å². The number of aryl methyl sites for hydroxylation is 2. The van der Waals surface area contributed by atoms with Crippen molar-refractivity contribution in [2.75, 3.05) is 0 Å². The zero-order valence-electron chi connectivity index (χ0n) is 21.4. The highest BCUT2D eigenvalue weighted by atomic mass is 35.5. The monoisotopic (exact) mass is 524 g/mol. The Morgan fingerprint density at radius 3 is 2.19 bits per heavy atom. The largest absolute Gasteiger partial charge is 0.352 e. The lowest BCUT2D eigenvalue weighted by molar-refractivity contribution is -0.141. The molecule has 0 aromatic heterocycles. The van der Waals surface area contributed by atoms with E-state index in [1.165, 1.54) is 5.56 Å². The lowest BCUT2D eigenvalue weighted by Gasteiger charge is -2.32. The highest BCUT2D eigenvalue weighted by Gasteiger charge is 2.31. The molecule has 0 spiro atoms. The summed E-state index contributed by atoms with van der Waals surface area (Å²) in [5.74, 6) is -0.286. The van der Waals surface area contributed by atoms with E-state index in [0.29, 0.717) is 16.5 Å². The Labute approximate surface area is 224 Å². The third kappa shape index (κ3) is 7.59. The van der Waals surface area contributed by atoms with E-state index in [-0.39, 0.29) is 30.8 Å². The minimum Gasteiger partial charge on any atom is -0.352 e. The molecule has 0 bridgehead atoms. The number of hydrogen-bond donors (Lipinski definition) is 1. The minimum atomic E-state index is -0.685. The lowest BCUT2D eigenvalue weighted by Crippen LogP contribution is -2.52. The number of nitrogens with one attached hydrogen (secondary N) is 1. The fourth-order valence-corrected chi connectivity index (χ4v) is 4.34. The van der Waals surface area contributed by atoms with Crippen LogP contribution in [0.5, 0.6) is 0 Å². The quantitative estimate of drug-likeness (QED) is 0.320. The number of hydrogen-bond acceptors (Lipinski definition) is 2. The fourth-order valence-electron chi connectivity index (χ4n) is 4.02. The van der Waals surface area contributed by atoms with E-state index in [1.807, 2.05) is 82.3 Å². The van der Waals surface area contributed by atoms with Gasteiger partial charge in [-0.15, -0.1) is 0 Å². The predicted octanol–water partition coefficient (Wildman–Crippen LogP) is 6.71. The van der Waals surface area contributed by atoms with Crippen molar-refractivity contribution in [3.8, 4) is 0 Å². The summed E-state index contributed by atoms with van der Waals surface area (Å²) >= 11 is 12.4. The number of rotatable bonds is 10. The van der Waals surface area contributed by atoms with E-state index in [0.717, 1.165) is 28.7 Å². The molecule has 0 saturated heterocycles. The first kappa shape index (κ1) is 27.8. The average molecular weight is 526 g/mol. The van der Waals surface area contributed by atoms with Crippen LogP contribution in [0, 0.1) is 13.8 Å². The van der Waals surface area contributed by atoms with Gasteiger partial charge in [0, 0.05) is 19.0 Å². The number of halogens is 2. The summed E-state index contributed by atoms with van der Waals surface area (Å²) in [5, 5.41) is 3.96. The Hall–Kier alpha value is -2.82. The first-order valence-electron chi connectivity index (χ1n) is 12.3. The van der Waals surface area contributed by atoms with Crippen LogP contribution in [-0.4, -0.2) is 28.8 Å². The maximum Gasteiger partial charge on any atom is 0.243 e. The van der Waals surface area contributed by atoms with Gasteiger partial charge in [-0.2, -0.15) is 0 Å². The van der Waals surface area contributed by atoms with Crippen LogP contribution in [-0.2, 0) is 29.0 Å². The summed E-state index contributed by atoms with van der Waals surface area (Å²) in [6.45, 7) is 8.32. The highest BCUT2D eigenvalue weighted by Crippen LogP contribution is 2.25. The van der Waals surface area contributed by atoms with Crippen molar-refractivity contribution >= 4 is 35.0 Å². The van der Waals surface area contributed by atoms with Crippen molar-refractivity contribution in [3.05, 3.63) is 105 Å². The van der Waals surface area contributed by atoms with Crippen LogP contribution in [0.25, 0.3) is 0 Å². The predicted molar refractivity (Wildman–Crippen MR) is 148 cm³/mol. The molecule has 0 unspecified atom stereocenters. The standard InChI is InChI=1S/C30H34Cl2N2O2/c1-5-22(4)33-30(36)28(17-23-9-7-6-8-10-23)34(19-25-13-14-26(31)27(32)16-25)29(35)18-24-12-11-20(2)21(3)15-24/h6-16,22,28H,5,17-19H2,1-4H3,(H,33,36)/t22-,28-/m1/s1. The molecule has 0 heterocycles. The second-order valence-corrected chi connectivity index (χ2v) is 10.2. The number of amides is 2. The molecular weight excluding hydrogens is 491 g/mol. The number of benzene rings is 3.